The number of para-hydroxylation sites is 1. The van der Waals surface area contributed by atoms with Crippen molar-refractivity contribution >= 4 is 18.0 Å². The zero-order valence-electron chi connectivity index (χ0n) is 15.3. The maximum Gasteiger partial charge on any atom is 0.329 e. The van der Waals surface area contributed by atoms with Gasteiger partial charge in [0.25, 0.3) is 0 Å². The molecule has 138 valence electrons. The Balaban J connectivity index is 2.13. The quantitative estimate of drug-likeness (QED) is 0.490. The zero-order valence-corrected chi connectivity index (χ0v) is 15.3. The summed E-state index contributed by atoms with van der Waals surface area (Å²) >= 11 is 0. The minimum absolute atomic E-state index is 0.0862. The van der Waals surface area contributed by atoms with Gasteiger partial charge in [-0.05, 0) is 45.4 Å². The van der Waals surface area contributed by atoms with Gasteiger partial charge in [0, 0.05) is 23.0 Å². The van der Waals surface area contributed by atoms with Crippen molar-refractivity contribution in [2.75, 3.05) is 0 Å². The van der Waals surface area contributed by atoms with Gasteiger partial charge in [-0.3, -0.25) is 9.59 Å². The van der Waals surface area contributed by atoms with Crippen LogP contribution in [0.2, 0.25) is 0 Å². The highest BCUT2D eigenvalue weighted by Crippen LogP contribution is 2.21. The smallest absolute Gasteiger partial charge is 0.329 e. The van der Waals surface area contributed by atoms with E-state index in [2.05, 4.69) is 15.8 Å². The normalized spacial score (nSPS) is 12.2. The Morgan fingerprint density at radius 2 is 1.96 bits per heavy atom. The molecular formula is C19H23FN4O2. The Bertz CT molecular complexity index is 842. The summed E-state index contributed by atoms with van der Waals surface area (Å²) in [5, 5.41) is 6.39. The molecule has 0 bridgehead atoms. The van der Waals surface area contributed by atoms with Crippen molar-refractivity contribution in [3.63, 3.8) is 0 Å². The maximum atomic E-state index is 14.1. The van der Waals surface area contributed by atoms with E-state index in [4.69, 9.17) is 0 Å². The molecule has 0 aliphatic rings. The molecule has 1 atom stereocenters. The molecule has 2 amide bonds. The van der Waals surface area contributed by atoms with E-state index >= 15 is 0 Å². The first-order valence-electron chi connectivity index (χ1n) is 8.42. The van der Waals surface area contributed by atoms with E-state index < -0.39 is 11.8 Å². The highest BCUT2D eigenvalue weighted by Gasteiger charge is 2.15. The number of hydrogen-bond acceptors (Lipinski definition) is 3. The number of nitrogens with zero attached hydrogens (tertiary/aromatic N) is 2. The van der Waals surface area contributed by atoms with Crippen molar-refractivity contribution in [2.24, 2.45) is 5.10 Å². The van der Waals surface area contributed by atoms with Crippen LogP contribution in [0.25, 0.3) is 5.69 Å². The second kappa shape index (κ2) is 8.42. The number of carbonyl (C=O) groups excluding carboxylic acids is 2. The molecule has 2 aromatic rings. The van der Waals surface area contributed by atoms with E-state index in [9.17, 15) is 14.0 Å². The predicted molar refractivity (Wildman–Crippen MR) is 98.8 cm³/mol. The van der Waals surface area contributed by atoms with Crippen molar-refractivity contribution in [2.45, 2.75) is 40.2 Å². The standard InChI is InChI=1S/C19H23FN4O2/c1-5-12(2)22-18(25)19(26)23-21-11-15-10-13(3)24(14(15)4)17-9-7-6-8-16(17)20/h6-12H,5H2,1-4H3,(H,22,25)(H,23,26)/b21-11-/t12-/m0/s1. The first kappa shape index (κ1) is 19.4. The fraction of sp³-hybridized carbons (Fsp3) is 0.316. The van der Waals surface area contributed by atoms with Crippen LogP contribution >= 0.6 is 0 Å². The molecule has 0 radical (unpaired) electrons. The van der Waals surface area contributed by atoms with Gasteiger partial charge in [0.1, 0.15) is 5.82 Å². The highest BCUT2D eigenvalue weighted by molar-refractivity contribution is 6.35. The first-order chi connectivity index (χ1) is 12.3. The molecule has 0 aliphatic carbocycles. The van der Waals surface area contributed by atoms with Gasteiger partial charge < -0.3 is 9.88 Å². The monoisotopic (exact) mass is 358 g/mol. The van der Waals surface area contributed by atoms with E-state index in [1.165, 1.54) is 12.3 Å². The van der Waals surface area contributed by atoms with Crippen molar-refractivity contribution < 1.29 is 14.0 Å². The third-order valence-corrected chi connectivity index (χ3v) is 4.13. The van der Waals surface area contributed by atoms with Crippen LogP contribution in [-0.4, -0.2) is 28.6 Å². The van der Waals surface area contributed by atoms with Gasteiger partial charge in [-0.1, -0.05) is 19.1 Å². The number of carbonyl (C=O) groups is 2. The number of rotatable bonds is 5. The lowest BCUT2D eigenvalue weighted by atomic mass is 10.2. The van der Waals surface area contributed by atoms with Crippen molar-refractivity contribution in [1.29, 1.82) is 0 Å². The van der Waals surface area contributed by atoms with Crippen LogP contribution < -0.4 is 10.7 Å². The van der Waals surface area contributed by atoms with Crippen LogP contribution in [0, 0.1) is 19.7 Å². The van der Waals surface area contributed by atoms with E-state index in [0.29, 0.717) is 11.3 Å². The molecule has 0 aliphatic heterocycles. The summed E-state index contributed by atoms with van der Waals surface area (Å²) in [7, 11) is 0. The SMILES string of the molecule is CC[C@H](C)NC(=O)C(=O)N/N=C\c1cc(C)n(-c2ccccc2F)c1C. The molecule has 0 spiro atoms. The van der Waals surface area contributed by atoms with E-state index in [1.54, 1.807) is 22.8 Å². The fourth-order valence-corrected chi connectivity index (χ4v) is 2.52. The van der Waals surface area contributed by atoms with Gasteiger partial charge in [-0.25, -0.2) is 9.82 Å². The number of hydrogen-bond donors (Lipinski definition) is 2. The van der Waals surface area contributed by atoms with Crippen LogP contribution in [0.4, 0.5) is 4.39 Å². The van der Waals surface area contributed by atoms with Crippen LogP contribution in [-0.2, 0) is 9.59 Å². The predicted octanol–water partition coefficient (Wildman–Crippen LogP) is 2.60. The third kappa shape index (κ3) is 4.36. The van der Waals surface area contributed by atoms with Crippen molar-refractivity contribution in [3.05, 3.63) is 53.1 Å². The van der Waals surface area contributed by atoms with E-state index in [0.717, 1.165) is 17.8 Å². The van der Waals surface area contributed by atoms with E-state index in [1.807, 2.05) is 33.8 Å². The number of benzene rings is 1. The topological polar surface area (TPSA) is 75.5 Å². The minimum atomic E-state index is -0.829. The number of nitrogens with one attached hydrogen (secondary N) is 2. The molecule has 0 saturated carbocycles. The summed E-state index contributed by atoms with van der Waals surface area (Å²) < 4.78 is 15.8. The molecule has 0 saturated heterocycles. The second-order valence-electron chi connectivity index (χ2n) is 6.10. The molecule has 7 heteroatoms. The van der Waals surface area contributed by atoms with Gasteiger partial charge >= 0.3 is 11.8 Å². The van der Waals surface area contributed by atoms with Crippen LogP contribution in [0.5, 0.6) is 0 Å². The van der Waals surface area contributed by atoms with Gasteiger partial charge in [0.05, 0.1) is 11.9 Å². The Kier molecular flexibility index (Phi) is 6.27. The van der Waals surface area contributed by atoms with Gasteiger partial charge in [0.15, 0.2) is 0 Å². The highest BCUT2D eigenvalue weighted by atomic mass is 19.1. The van der Waals surface area contributed by atoms with Crippen molar-refractivity contribution in [3.8, 4) is 5.69 Å². The molecule has 1 aromatic carbocycles. The summed E-state index contributed by atoms with van der Waals surface area (Å²) in [5.74, 6) is -1.88. The number of amides is 2. The summed E-state index contributed by atoms with van der Waals surface area (Å²) in [4.78, 5) is 23.4. The summed E-state index contributed by atoms with van der Waals surface area (Å²) in [6.45, 7) is 7.41. The molecule has 0 unspecified atom stereocenters. The molecule has 2 rings (SSSR count). The number of halogens is 1. The fourth-order valence-electron chi connectivity index (χ4n) is 2.52. The van der Waals surface area contributed by atoms with Gasteiger partial charge in [-0.2, -0.15) is 5.10 Å². The van der Waals surface area contributed by atoms with Crippen LogP contribution in [0.1, 0.15) is 37.2 Å². The van der Waals surface area contributed by atoms with Crippen LogP contribution in [0.15, 0.2) is 35.4 Å². The van der Waals surface area contributed by atoms with Gasteiger partial charge in [0.2, 0.25) is 0 Å². The van der Waals surface area contributed by atoms with Crippen molar-refractivity contribution in [1.82, 2.24) is 15.3 Å². The molecule has 2 N–H and O–H groups in total. The summed E-state index contributed by atoms with van der Waals surface area (Å²) in [5.41, 5.74) is 4.96. The number of aromatic nitrogens is 1. The first-order valence-corrected chi connectivity index (χ1v) is 8.42. The minimum Gasteiger partial charge on any atom is -0.345 e. The largest absolute Gasteiger partial charge is 0.345 e. The molecule has 26 heavy (non-hydrogen) atoms. The second-order valence-corrected chi connectivity index (χ2v) is 6.10. The number of hydrazone groups is 1. The maximum absolute atomic E-state index is 14.1. The lowest BCUT2D eigenvalue weighted by molar-refractivity contribution is -0.139. The van der Waals surface area contributed by atoms with Crippen LogP contribution in [0.3, 0.4) is 0 Å². The Morgan fingerprint density at radius 1 is 1.27 bits per heavy atom. The molecule has 6 nitrogen and oxygen atoms in total. The molecule has 1 heterocycles. The number of aryl methyl sites for hydroxylation is 1. The zero-order chi connectivity index (χ0) is 19.3. The Labute approximate surface area is 152 Å². The van der Waals surface area contributed by atoms with Gasteiger partial charge in [-0.15, -0.1) is 0 Å². The Hall–Kier alpha value is -2.96. The third-order valence-electron chi connectivity index (χ3n) is 4.13. The van der Waals surface area contributed by atoms with E-state index in [-0.39, 0.29) is 11.9 Å². The molecule has 0 fully saturated rings. The average molecular weight is 358 g/mol. The lowest BCUT2D eigenvalue weighted by Gasteiger charge is -2.10. The molecular weight excluding hydrogens is 335 g/mol. The average Bonchev–Trinajstić information content (AvgIpc) is 2.89. The summed E-state index contributed by atoms with van der Waals surface area (Å²) in [6, 6.07) is 8.24. The summed E-state index contributed by atoms with van der Waals surface area (Å²) in [6.07, 6.45) is 2.17. The lowest BCUT2D eigenvalue weighted by Crippen LogP contribution is -2.41. The Morgan fingerprint density at radius 3 is 2.62 bits per heavy atom. The molecule has 1 aromatic heterocycles.